The summed E-state index contributed by atoms with van der Waals surface area (Å²) in [5.74, 6) is 0.763. The molecule has 2 aromatic rings. The highest BCUT2D eigenvalue weighted by atomic mass is 32.2. The van der Waals surface area contributed by atoms with Crippen LogP contribution in [0, 0.1) is 6.92 Å². The fourth-order valence-electron chi connectivity index (χ4n) is 3.09. The van der Waals surface area contributed by atoms with Gasteiger partial charge in [0.1, 0.15) is 5.75 Å². The third-order valence-electron chi connectivity index (χ3n) is 4.32. The van der Waals surface area contributed by atoms with E-state index < -0.39 is 10.0 Å². The lowest BCUT2D eigenvalue weighted by molar-refractivity contribution is -0.117. The van der Waals surface area contributed by atoms with Crippen molar-refractivity contribution in [3.05, 3.63) is 48.0 Å². The first-order valence-corrected chi connectivity index (χ1v) is 10.4. The molecule has 1 N–H and O–H groups in total. The minimum absolute atomic E-state index is 0.0523. The lowest BCUT2D eigenvalue weighted by Crippen LogP contribution is -2.24. The van der Waals surface area contributed by atoms with Crippen LogP contribution < -0.4 is 14.4 Å². The van der Waals surface area contributed by atoms with E-state index in [4.69, 9.17) is 4.74 Å². The van der Waals surface area contributed by atoms with Crippen LogP contribution in [0.5, 0.6) is 5.75 Å². The molecule has 0 unspecified atom stereocenters. The average Bonchev–Trinajstić information content (AvgIpc) is 3.01. The van der Waals surface area contributed by atoms with Crippen LogP contribution in [0.3, 0.4) is 0 Å². The lowest BCUT2D eigenvalue weighted by Gasteiger charge is -2.19. The molecule has 3 rings (SSSR count). The standard InChI is InChI=1S/C20H24N2O4S/c1-14(2)26-17-8-6-16(7-9-17)21-27(24,25)18-10-11-19(15(3)13-18)22-12-4-5-20(22)23/h6-11,13-14,21H,4-5,12H2,1-3H3. The van der Waals surface area contributed by atoms with Crippen molar-refractivity contribution in [2.45, 2.75) is 44.6 Å². The normalized spacial score (nSPS) is 14.7. The number of carbonyl (C=O) groups is 1. The summed E-state index contributed by atoms with van der Waals surface area (Å²) in [7, 11) is -3.72. The van der Waals surface area contributed by atoms with Gasteiger partial charge in [-0.05, 0) is 75.2 Å². The van der Waals surface area contributed by atoms with E-state index >= 15 is 0 Å². The molecular formula is C20H24N2O4S. The fourth-order valence-corrected chi connectivity index (χ4v) is 4.23. The molecule has 0 radical (unpaired) electrons. The number of ether oxygens (including phenoxy) is 1. The Labute approximate surface area is 160 Å². The Kier molecular flexibility index (Phi) is 5.41. The van der Waals surface area contributed by atoms with Gasteiger partial charge in [0.05, 0.1) is 11.0 Å². The Morgan fingerprint density at radius 3 is 2.37 bits per heavy atom. The average molecular weight is 388 g/mol. The zero-order valence-electron chi connectivity index (χ0n) is 15.7. The molecule has 1 aliphatic heterocycles. The summed E-state index contributed by atoms with van der Waals surface area (Å²) in [5.41, 5.74) is 1.99. The van der Waals surface area contributed by atoms with Gasteiger partial charge in [0, 0.05) is 24.3 Å². The van der Waals surface area contributed by atoms with Crippen LogP contribution in [0.2, 0.25) is 0 Å². The predicted octanol–water partition coefficient (Wildman–Crippen LogP) is 3.71. The minimum Gasteiger partial charge on any atom is -0.491 e. The number of anilines is 2. The van der Waals surface area contributed by atoms with Crippen LogP contribution in [0.15, 0.2) is 47.4 Å². The molecule has 1 saturated heterocycles. The third kappa shape index (κ3) is 4.42. The Bertz CT molecular complexity index is 937. The minimum atomic E-state index is -3.72. The van der Waals surface area contributed by atoms with Gasteiger partial charge in [0.25, 0.3) is 10.0 Å². The molecule has 0 spiro atoms. The number of hydrogen-bond acceptors (Lipinski definition) is 4. The first-order valence-electron chi connectivity index (χ1n) is 8.97. The molecule has 144 valence electrons. The number of rotatable bonds is 6. The van der Waals surface area contributed by atoms with Crippen LogP contribution in [-0.4, -0.2) is 27.0 Å². The van der Waals surface area contributed by atoms with Crippen molar-refractivity contribution in [2.24, 2.45) is 0 Å². The van der Waals surface area contributed by atoms with Crippen LogP contribution in [-0.2, 0) is 14.8 Å². The molecule has 1 heterocycles. The summed E-state index contributed by atoms with van der Waals surface area (Å²) in [6.45, 7) is 6.35. The van der Waals surface area contributed by atoms with Crippen molar-refractivity contribution >= 4 is 27.3 Å². The van der Waals surface area contributed by atoms with E-state index in [0.29, 0.717) is 24.4 Å². The second kappa shape index (κ2) is 7.60. The maximum atomic E-state index is 12.7. The smallest absolute Gasteiger partial charge is 0.261 e. The van der Waals surface area contributed by atoms with E-state index in [9.17, 15) is 13.2 Å². The van der Waals surface area contributed by atoms with Gasteiger partial charge in [-0.25, -0.2) is 8.42 Å². The number of hydrogen-bond donors (Lipinski definition) is 1. The van der Waals surface area contributed by atoms with Crippen LogP contribution in [0.4, 0.5) is 11.4 Å². The summed E-state index contributed by atoms with van der Waals surface area (Å²) in [5, 5.41) is 0. The quantitative estimate of drug-likeness (QED) is 0.818. The van der Waals surface area contributed by atoms with Crippen molar-refractivity contribution in [1.82, 2.24) is 0 Å². The number of aryl methyl sites for hydroxylation is 1. The van der Waals surface area contributed by atoms with Gasteiger partial charge in [-0.2, -0.15) is 0 Å². The summed E-state index contributed by atoms with van der Waals surface area (Å²) in [6.07, 6.45) is 1.42. The Morgan fingerprint density at radius 1 is 1.11 bits per heavy atom. The Balaban J connectivity index is 1.78. The SMILES string of the molecule is Cc1cc(S(=O)(=O)Nc2ccc(OC(C)C)cc2)ccc1N1CCCC1=O. The molecule has 2 aromatic carbocycles. The molecular weight excluding hydrogens is 364 g/mol. The maximum absolute atomic E-state index is 12.7. The first kappa shape index (κ1) is 19.2. The molecule has 0 aliphatic carbocycles. The van der Waals surface area contributed by atoms with Gasteiger partial charge in [0.2, 0.25) is 5.91 Å². The van der Waals surface area contributed by atoms with Gasteiger partial charge >= 0.3 is 0 Å². The largest absolute Gasteiger partial charge is 0.491 e. The topological polar surface area (TPSA) is 75.7 Å². The van der Waals surface area contributed by atoms with Crippen molar-refractivity contribution < 1.29 is 17.9 Å². The van der Waals surface area contributed by atoms with E-state index in [2.05, 4.69) is 4.72 Å². The monoisotopic (exact) mass is 388 g/mol. The molecule has 0 atom stereocenters. The number of sulfonamides is 1. The molecule has 1 amide bonds. The highest BCUT2D eigenvalue weighted by Crippen LogP contribution is 2.28. The highest BCUT2D eigenvalue weighted by molar-refractivity contribution is 7.92. The zero-order valence-corrected chi connectivity index (χ0v) is 16.5. The number of nitrogens with one attached hydrogen (secondary N) is 1. The fraction of sp³-hybridized carbons (Fsp3) is 0.350. The third-order valence-corrected chi connectivity index (χ3v) is 5.70. The van der Waals surface area contributed by atoms with Gasteiger partial charge in [-0.15, -0.1) is 0 Å². The molecule has 27 heavy (non-hydrogen) atoms. The second-order valence-electron chi connectivity index (χ2n) is 6.89. The second-order valence-corrected chi connectivity index (χ2v) is 8.58. The summed E-state index contributed by atoms with van der Waals surface area (Å²) in [4.78, 5) is 13.8. The van der Waals surface area contributed by atoms with Gasteiger partial charge in [-0.3, -0.25) is 9.52 Å². The Morgan fingerprint density at radius 2 is 1.81 bits per heavy atom. The maximum Gasteiger partial charge on any atom is 0.261 e. The van der Waals surface area contributed by atoms with E-state index in [1.165, 1.54) is 6.07 Å². The highest BCUT2D eigenvalue weighted by Gasteiger charge is 2.24. The van der Waals surface area contributed by atoms with Crippen molar-refractivity contribution in [1.29, 1.82) is 0 Å². The predicted molar refractivity (Wildman–Crippen MR) is 106 cm³/mol. The summed E-state index contributed by atoms with van der Waals surface area (Å²) < 4.78 is 33.5. The van der Waals surface area contributed by atoms with Crippen LogP contribution in [0.1, 0.15) is 32.3 Å². The molecule has 6 nitrogen and oxygen atoms in total. The molecule has 0 bridgehead atoms. The van der Waals surface area contributed by atoms with E-state index in [0.717, 1.165) is 17.7 Å². The number of nitrogens with zero attached hydrogens (tertiary/aromatic N) is 1. The summed E-state index contributed by atoms with van der Waals surface area (Å²) in [6, 6.07) is 11.6. The molecule has 7 heteroatoms. The van der Waals surface area contributed by atoms with E-state index in [1.807, 2.05) is 20.8 Å². The lowest BCUT2D eigenvalue weighted by atomic mass is 10.2. The van der Waals surface area contributed by atoms with Crippen molar-refractivity contribution in [3.63, 3.8) is 0 Å². The van der Waals surface area contributed by atoms with Crippen LogP contribution >= 0.6 is 0 Å². The van der Waals surface area contributed by atoms with E-state index in [1.54, 1.807) is 41.3 Å². The summed E-state index contributed by atoms with van der Waals surface area (Å²) >= 11 is 0. The van der Waals surface area contributed by atoms with Gasteiger partial charge in [0.15, 0.2) is 0 Å². The van der Waals surface area contributed by atoms with Crippen LogP contribution in [0.25, 0.3) is 0 Å². The zero-order chi connectivity index (χ0) is 19.6. The van der Waals surface area contributed by atoms with Gasteiger partial charge < -0.3 is 9.64 Å². The molecule has 1 fully saturated rings. The first-order chi connectivity index (χ1) is 12.8. The van der Waals surface area contributed by atoms with Gasteiger partial charge in [-0.1, -0.05) is 0 Å². The van der Waals surface area contributed by atoms with E-state index in [-0.39, 0.29) is 16.9 Å². The molecule has 1 aliphatic rings. The van der Waals surface area contributed by atoms with Crippen molar-refractivity contribution in [3.8, 4) is 5.75 Å². The Hall–Kier alpha value is -2.54. The van der Waals surface area contributed by atoms with Crippen molar-refractivity contribution in [2.75, 3.05) is 16.2 Å². The number of carbonyl (C=O) groups excluding carboxylic acids is 1. The molecule has 0 aromatic heterocycles. The number of amides is 1. The molecule has 0 saturated carbocycles. The number of benzene rings is 2.